The van der Waals surface area contributed by atoms with E-state index in [0.29, 0.717) is 32.7 Å². The number of rotatable bonds is 8. The normalized spacial score (nSPS) is 17.3. The van der Waals surface area contributed by atoms with Gasteiger partial charge in [-0.2, -0.15) is 4.31 Å². The van der Waals surface area contributed by atoms with E-state index in [2.05, 4.69) is 11.0 Å². The Kier molecular flexibility index (Phi) is 7.66. The van der Waals surface area contributed by atoms with Crippen molar-refractivity contribution in [3.05, 3.63) is 70.6 Å². The average molecular weight is 431 g/mol. The number of sulfonamides is 1. The summed E-state index contributed by atoms with van der Waals surface area (Å²) < 4.78 is 32.3. The molecule has 0 aliphatic carbocycles. The third kappa shape index (κ3) is 6.67. The van der Waals surface area contributed by atoms with Crippen LogP contribution in [0.1, 0.15) is 16.7 Å². The molecule has 1 aliphatic heterocycles. The average Bonchev–Trinajstić information content (AvgIpc) is 2.71. The zero-order valence-corrected chi connectivity index (χ0v) is 18.4. The van der Waals surface area contributed by atoms with Gasteiger partial charge in [-0.25, -0.2) is 8.42 Å². The number of aryl methyl sites for hydroxylation is 2. The highest BCUT2D eigenvalue weighted by Gasteiger charge is 2.26. The Morgan fingerprint density at radius 2 is 1.67 bits per heavy atom. The predicted octanol–water partition coefficient (Wildman–Crippen LogP) is 2.66. The maximum absolute atomic E-state index is 12.6. The summed E-state index contributed by atoms with van der Waals surface area (Å²) in [4.78, 5) is 2.07. The van der Waals surface area contributed by atoms with E-state index in [1.54, 1.807) is 6.08 Å². The van der Waals surface area contributed by atoms with Gasteiger partial charge >= 0.3 is 0 Å². The van der Waals surface area contributed by atoms with E-state index in [1.165, 1.54) is 9.71 Å². The number of ether oxygens (including phenoxy) is 1. The second-order valence-electron chi connectivity index (χ2n) is 7.75. The number of piperazine rings is 1. The van der Waals surface area contributed by atoms with Crippen molar-refractivity contribution < 1.29 is 18.3 Å². The van der Waals surface area contributed by atoms with Crippen molar-refractivity contribution >= 4 is 16.1 Å². The van der Waals surface area contributed by atoms with Gasteiger partial charge in [0.15, 0.2) is 0 Å². The van der Waals surface area contributed by atoms with Crippen molar-refractivity contribution in [2.24, 2.45) is 0 Å². The molecule has 6 nitrogen and oxygen atoms in total. The number of aliphatic hydroxyl groups excluding tert-OH is 1. The Bertz CT molecular complexity index is 932. The SMILES string of the molecule is Cc1cc(C)cc(OCC(O)CN2CCN(S(=O)(=O)/C=C/c3ccccc3)CC2)c1. The van der Waals surface area contributed by atoms with Gasteiger partial charge in [-0.15, -0.1) is 0 Å². The lowest BCUT2D eigenvalue weighted by atomic mass is 10.1. The highest BCUT2D eigenvalue weighted by Crippen LogP contribution is 2.17. The van der Waals surface area contributed by atoms with Crippen molar-refractivity contribution in [2.45, 2.75) is 20.0 Å². The highest BCUT2D eigenvalue weighted by atomic mass is 32.2. The quantitative estimate of drug-likeness (QED) is 0.697. The van der Waals surface area contributed by atoms with Gasteiger partial charge in [-0.05, 0) is 48.7 Å². The van der Waals surface area contributed by atoms with Crippen molar-refractivity contribution in [2.75, 3.05) is 39.3 Å². The lowest BCUT2D eigenvalue weighted by molar-refractivity contribution is 0.0570. The summed E-state index contributed by atoms with van der Waals surface area (Å²) in [6, 6.07) is 15.4. The molecule has 162 valence electrons. The lowest BCUT2D eigenvalue weighted by Crippen LogP contribution is -2.50. The van der Waals surface area contributed by atoms with Crippen LogP contribution in [0.3, 0.4) is 0 Å². The molecule has 1 heterocycles. The molecule has 7 heteroatoms. The van der Waals surface area contributed by atoms with Crippen LogP contribution < -0.4 is 4.74 Å². The van der Waals surface area contributed by atoms with E-state index in [4.69, 9.17) is 4.74 Å². The molecule has 1 aliphatic rings. The molecule has 2 aromatic carbocycles. The first-order valence-electron chi connectivity index (χ1n) is 10.2. The van der Waals surface area contributed by atoms with E-state index < -0.39 is 16.1 Å². The van der Waals surface area contributed by atoms with E-state index in [0.717, 1.165) is 22.4 Å². The van der Waals surface area contributed by atoms with E-state index >= 15 is 0 Å². The first kappa shape index (κ1) is 22.5. The van der Waals surface area contributed by atoms with Gasteiger partial charge in [0.25, 0.3) is 0 Å². The van der Waals surface area contributed by atoms with Gasteiger partial charge in [-0.3, -0.25) is 4.90 Å². The molecule has 1 atom stereocenters. The van der Waals surface area contributed by atoms with Crippen LogP contribution in [-0.2, 0) is 10.0 Å². The molecule has 2 aromatic rings. The molecule has 0 amide bonds. The number of benzene rings is 2. The van der Waals surface area contributed by atoms with Crippen LogP contribution in [0.5, 0.6) is 5.75 Å². The van der Waals surface area contributed by atoms with Crippen LogP contribution in [0.2, 0.25) is 0 Å². The van der Waals surface area contributed by atoms with Crippen molar-refractivity contribution in [1.82, 2.24) is 9.21 Å². The lowest BCUT2D eigenvalue weighted by Gasteiger charge is -2.34. The first-order valence-corrected chi connectivity index (χ1v) is 11.7. The number of β-amino-alcohol motifs (C(OH)–C–C–N with tert-alkyl or cyclic N) is 1. The molecule has 0 saturated carbocycles. The first-order chi connectivity index (χ1) is 14.3. The van der Waals surface area contributed by atoms with Crippen LogP contribution in [-0.4, -0.2) is 68.2 Å². The summed E-state index contributed by atoms with van der Waals surface area (Å²) in [7, 11) is -3.45. The fourth-order valence-electron chi connectivity index (χ4n) is 3.54. The largest absolute Gasteiger partial charge is 0.491 e. The van der Waals surface area contributed by atoms with Crippen LogP contribution in [0.4, 0.5) is 0 Å². The van der Waals surface area contributed by atoms with Crippen molar-refractivity contribution in [3.8, 4) is 5.75 Å². The standard InChI is InChI=1S/C23H30N2O4S/c1-19-14-20(2)16-23(15-19)29-18-22(26)17-24-9-11-25(12-10-24)30(27,28)13-8-21-6-4-3-5-7-21/h3-8,13-16,22,26H,9-12,17-18H2,1-2H3/b13-8+. The van der Waals surface area contributed by atoms with Crippen LogP contribution >= 0.6 is 0 Å². The topological polar surface area (TPSA) is 70.1 Å². The number of hydrogen-bond acceptors (Lipinski definition) is 5. The molecular formula is C23H30N2O4S. The minimum absolute atomic E-state index is 0.210. The van der Waals surface area contributed by atoms with Crippen molar-refractivity contribution in [3.63, 3.8) is 0 Å². The van der Waals surface area contributed by atoms with Gasteiger partial charge in [-0.1, -0.05) is 36.4 Å². The summed E-state index contributed by atoms with van der Waals surface area (Å²) in [5.74, 6) is 0.757. The molecule has 1 fully saturated rings. The highest BCUT2D eigenvalue weighted by molar-refractivity contribution is 7.92. The van der Waals surface area contributed by atoms with Gasteiger partial charge in [0, 0.05) is 38.1 Å². The molecule has 1 N–H and O–H groups in total. The van der Waals surface area contributed by atoms with Gasteiger partial charge in [0.2, 0.25) is 10.0 Å². The summed E-state index contributed by atoms with van der Waals surface area (Å²) in [6.45, 7) is 6.67. The van der Waals surface area contributed by atoms with Gasteiger partial charge in [0.1, 0.15) is 18.5 Å². The van der Waals surface area contributed by atoms with E-state index in [9.17, 15) is 13.5 Å². The molecule has 0 bridgehead atoms. The van der Waals surface area contributed by atoms with Crippen molar-refractivity contribution in [1.29, 1.82) is 0 Å². The Morgan fingerprint density at radius 1 is 1.03 bits per heavy atom. The second kappa shape index (κ2) is 10.2. The van der Waals surface area contributed by atoms with E-state index in [1.807, 2.05) is 56.3 Å². The minimum Gasteiger partial charge on any atom is -0.491 e. The zero-order valence-electron chi connectivity index (χ0n) is 17.6. The smallest absolute Gasteiger partial charge is 0.236 e. The third-order valence-electron chi connectivity index (χ3n) is 5.03. The summed E-state index contributed by atoms with van der Waals surface area (Å²) >= 11 is 0. The molecule has 3 rings (SSSR count). The molecular weight excluding hydrogens is 400 g/mol. The molecule has 30 heavy (non-hydrogen) atoms. The summed E-state index contributed by atoms with van der Waals surface area (Å²) in [6.07, 6.45) is 0.988. The van der Waals surface area contributed by atoms with E-state index in [-0.39, 0.29) is 6.61 Å². The summed E-state index contributed by atoms with van der Waals surface area (Å²) in [5.41, 5.74) is 3.10. The van der Waals surface area contributed by atoms with Gasteiger partial charge < -0.3 is 9.84 Å². The van der Waals surface area contributed by atoms with Crippen LogP contribution in [0.15, 0.2) is 53.9 Å². The number of hydrogen-bond donors (Lipinski definition) is 1. The second-order valence-corrected chi connectivity index (χ2v) is 9.56. The molecule has 0 aromatic heterocycles. The number of nitrogens with zero attached hydrogens (tertiary/aromatic N) is 2. The van der Waals surface area contributed by atoms with Crippen LogP contribution in [0.25, 0.3) is 6.08 Å². The fourth-order valence-corrected chi connectivity index (χ4v) is 4.71. The van der Waals surface area contributed by atoms with Gasteiger partial charge in [0.05, 0.1) is 0 Å². The Balaban J connectivity index is 1.45. The third-order valence-corrected chi connectivity index (χ3v) is 6.59. The molecule has 0 radical (unpaired) electrons. The summed E-state index contributed by atoms with van der Waals surface area (Å²) in [5, 5.41) is 11.6. The number of aliphatic hydroxyl groups is 1. The monoisotopic (exact) mass is 430 g/mol. The minimum atomic E-state index is -3.45. The Labute approximate surface area is 179 Å². The maximum atomic E-state index is 12.6. The zero-order chi connectivity index (χ0) is 21.6. The Morgan fingerprint density at radius 3 is 2.30 bits per heavy atom. The molecule has 1 unspecified atom stereocenters. The maximum Gasteiger partial charge on any atom is 0.236 e. The predicted molar refractivity (Wildman–Crippen MR) is 120 cm³/mol. The molecule has 0 spiro atoms. The fraction of sp³-hybridized carbons (Fsp3) is 0.391. The van der Waals surface area contributed by atoms with Crippen LogP contribution in [0, 0.1) is 13.8 Å². The molecule has 1 saturated heterocycles. The Hall–Kier alpha value is -2.19.